The quantitative estimate of drug-likeness (QED) is 0.512. The van der Waals surface area contributed by atoms with Gasteiger partial charge in [0, 0.05) is 38.8 Å². The summed E-state index contributed by atoms with van der Waals surface area (Å²) < 4.78 is 7.69. The normalized spacial score (nSPS) is 15.2. The minimum atomic E-state index is 0.569. The van der Waals surface area contributed by atoms with E-state index in [-0.39, 0.29) is 0 Å². The first kappa shape index (κ1) is 18.7. The van der Waals surface area contributed by atoms with Gasteiger partial charge in [-0.15, -0.1) is 10.2 Å². The molecule has 154 valence electrons. The third-order valence-corrected chi connectivity index (χ3v) is 5.48. The molecule has 4 aromatic rings. The van der Waals surface area contributed by atoms with E-state index < -0.39 is 0 Å². The van der Waals surface area contributed by atoms with Gasteiger partial charge in [-0.3, -0.25) is 9.58 Å². The summed E-state index contributed by atoms with van der Waals surface area (Å²) in [5.41, 5.74) is 3.03. The van der Waals surface area contributed by atoms with Gasteiger partial charge in [-0.25, -0.2) is 9.97 Å². The molecule has 0 aliphatic carbocycles. The van der Waals surface area contributed by atoms with Gasteiger partial charge in [0.2, 0.25) is 11.8 Å². The van der Waals surface area contributed by atoms with Gasteiger partial charge in [-0.05, 0) is 26.0 Å². The molecule has 5 rings (SSSR count). The van der Waals surface area contributed by atoms with E-state index in [4.69, 9.17) is 9.40 Å². The second kappa shape index (κ2) is 7.49. The Kier molecular flexibility index (Phi) is 4.66. The number of anilines is 1. The predicted molar refractivity (Wildman–Crippen MR) is 113 cm³/mol. The molecule has 9 nitrogen and oxygen atoms in total. The van der Waals surface area contributed by atoms with Crippen LogP contribution in [0.4, 0.5) is 5.82 Å². The van der Waals surface area contributed by atoms with Gasteiger partial charge in [0.1, 0.15) is 11.6 Å². The molecular weight excluding hydrogens is 380 g/mol. The van der Waals surface area contributed by atoms with E-state index in [1.807, 2.05) is 44.4 Å². The van der Waals surface area contributed by atoms with Crippen LogP contribution in [0.3, 0.4) is 0 Å². The van der Waals surface area contributed by atoms with E-state index in [0.29, 0.717) is 18.3 Å². The maximum atomic E-state index is 5.89. The largest absolute Gasteiger partial charge is 0.419 e. The van der Waals surface area contributed by atoms with Crippen LogP contribution in [0.1, 0.15) is 17.3 Å². The topological polar surface area (TPSA) is 89.0 Å². The van der Waals surface area contributed by atoms with Crippen molar-refractivity contribution in [2.75, 3.05) is 31.1 Å². The van der Waals surface area contributed by atoms with E-state index >= 15 is 0 Å². The van der Waals surface area contributed by atoms with Gasteiger partial charge in [0.15, 0.2) is 5.65 Å². The lowest BCUT2D eigenvalue weighted by Gasteiger charge is -2.34. The fourth-order valence-corrected chi connectivity index (χ4v) is 3.79. The van der Waals surface area contributed by atoms with E-state index in [1.165, 1.54) is 5.56 Å². The molecule has 0 atom stereocenters. The van der Waals surface area contributed by atoms with Crippen molar-refractivity contribution in [1.82, 2.24) is 34.8 Å². The number of nitrogens with zero attached hydrogens (tertiary/aromatic N) is 8. The molecule has 1 fully saturated rings. The summed E-state index contributed by atoms with van der Waals surface area (Å²) in [5.74, 6) is 2.94. The number of aromatic nitrogens is 6. The second-order valence-electron chi connectivity index (χ2n) is 7.73. The SMILES string of the molecule is Cc1ccc(-c2nnc(CN3CCN(c4nc(C)nc5c4cnn5C)CC3)o2)cc1. The van der Waals surface area contributed by atoms with Crippen LogP contribution in [-0.2, 0) is 13.6 Å². The predicted octanol–water partition coefficient (Wildman–Crippen LogP) is 2.35. The number of hydrogen-bond donors (Lipinski definition) is 0. The highest BCUT2D eigenvalue weighted by Gasteiger charge is 2.23. The highest BCUT2D eigenvalue weighted by Crippen LogP contribution is 2.25. The molecule has 1 aliphatic heterocycles. The molecule has 0 amide bonds. The first-order valence-electron chi connectivity index (χ1n) is 10.1. The highest BCUT2D eigenvalue weighted by atomic mass is 16.4. The molecule has 1 aromatic carbocycles. The Hall–Kier alpha value is -3.33. The summed E-state index contributed by atoms with van der Waals surface area (Å²) in [6.45, 7) is 8.18. The standard InChI is InChI=1S/C21H24N8O/c1-14-4-6-16(7-5-14)21-26-25-18(30-21)13-28-8-10-29(11-9-28)20-17-12-22-27(3)19(17)23-15(2)24-20/h4-7,12H,8-11,13H2,1-3H3. The summed E-state index contributed by atoms with van der Waals surface area (Å²) in [5, 5.41) is 13.8. The minimum absolute atomic E-state index is 0.569. The average molecular weight is 404 g/mol. The Labute approximate surface area is 174 Å². The van der Waals surface area contributed by atoms with Gasteiger partial charge in [-0.1, -0.05) is 17.7 Å². The zero-order valence-corrected chi connectivity index (χ0v) is 17.4. The summed E-state index contributed by atoms with van der Waals surface area (Å²) in [4.78, 5) is 13.8. The van der Waals surface area contributed by atoms with Crippen molar-refractivity contribution < 1.29 is 4.42 Å². The van der Waals surface area contributed by atoms with Gasteiger partial charge >= 0.3 is 0 Å². The summed E-state index contributed by atoms with van der Waals surface area (Å²) >= 11 is 0. The lowest BCUT2D eigenvalue weighted by atomic mass is 10.1. The van der Waals surface area contributed by atoms with E-state index in [1.54, 1.807) is 4.68 Å². The van der Waals surface area contributed by atoms with Crippen LogP contribution in [0.15, 0.2) is 34.9 Å². The summed E-state index contributed by atoms with van der Waals surface area (Å²) in [6.07, 6.45) is 1.85. The smallest absolute Gasteiger partial charge is 0.247 e. The van der Waals surface area contributed by atoms with E-state index in [2.05, 4.69) is 37.0 Å². The fourth-order valence-electron chi connectivity index (χ4n) is 3.79. The van der Waals surface area contributed by atoms with Crippen molar-refractivity contribution in [1.29, 1.82) is 0 Å². The molecule has 3 aromatic heterocycles. The van der Waals surface area contributed by atoms with Crippen molar-refractivity contribution in [3.8, 4) is 11.5 Å². The van der Waals surface area contributed by atoms with Crippen LogP contribution in [0.2, 0.25) is 0 Å². The average Bonchev–Trinajstić information content (AvgIpc) is 3.36. The van der Waals surface area contributed by atoms with Gasteiger partial charge in [-0.2, -0.15) is 5.10 Å². The van der Waals surface area contributed by atoms with Crippen molar-refractivity contribution in [2.45, 2.75) is 20.4 Å². The number of hydrogen-bond acceptors (Lipinski definition) is 8. The molecule has 9 heteroatoms. The lowest BCUT2D eigenvalue weighted by molar-refractivity contribution is 0.226. The molecule has 0 unspecified atom stereocenters. The molecular formula is C21H24N8O. The monoisotopic (exact) mass is 404 g/mol. The third kappa shape index (κ3) is 3.52. The molecule has 1 aliphatic rings. The maximum Gasteiger partial charge on any atom is 0.247 e. The number of fused-ring (bicyclic) bond motifs is 1. The van der Waals surface area contributed by atoms with Gasteiger partial charge in [0.05, 0.1) is 18.1 Å². The number of piperazine rings is 1. The summed E-state index contributed by atoms with van der Waals surface area (Å²) in [7, 11) is 1.91. The summed E-state index contributed by atoms with van der Waals surface area (Å²) in [6, 6.07) is 8.11. The lowest BCUT2D eigenvalue weighted by Crippen LogP contribution is -2.46. The molecule has 30 heavy (non-hydrogen) atoms. The number of rotatable bonds is 4. The fraction of sp³-hybridized carbons (Fsp3) is 0.381. The first-order valence-corrected chi connectivity index (χ1v) is 10.1. The van der Waals surface area contributed by atoms with Crippen LogP contribution < -0.4 is 4.90 Å². The van der Waals surface area contributed by atoms with E-state index in [9.17, 15) is 0 Å². The molecule has 1 saturated heterocycles. The highest BCUT2D eigenvalue weighted by molar-refractivity contribution is 5.87. The van der Waals surface area contributed by atoms with Crippen LogP contribution in [0.5, 0.6) is 0 Å². The van der Waals surface area contributed by atoms with Crippen LogP contribution in [0, 0.1) is 13.8 Å². The zero-order valence-electron chi connectivity index (χ0n) is 17.4. The first-order chi connectivity index (χ1) is 14.6. The Balaban J connectivity index is 1.25. The maximum absolute atomic E-state index is 5.89. The Bertz CT molecular complexity index is 1170. The zero-order chi connectivity index (χ0) is 20.7. The molecule has 0 bridgehead atoms. The van der Waals surface area contributed by atoms with Gasteiger partial charge < -0.3 is 9.32 Å². The number of benzene rings is 1. The Morgan fingerprint density at radius 3 is 2.50 bits per heavy atom. The molecule has 0 N–H and O–H groups in total. The van der Waals surface area contributed by atoms with Crippen molar-refractivity contribution in [3.63, 3.8) is 0 Å². The molecule has 0 spiro atoms. The van der Waals surface area contributed by atoms with Crippen molar-refractivity contribution in [3.05, 3.63) is 47.7 Å². The third-order valence-electron chi connectivity index (χ3n) is 5.48. The van der Waals surface area contributed by atoms with Crippen LogP contribution in [-0.4, -0.2) is 61.0 Å². The van der Waals surface area contributed by atoms with Crippen LogP contribution >= 0.6 is 0 Å². The Morgan fingerprint density at radius 1 is 0.967 bits per heavy atom. The molecule has 0 radical (unpaired) electrons. The van der Waals surface area contributed by atoms with Gasteiger partial charge in [0.25, 0.3) is 0 Å². The van der Waals surface area contributed by atoms with Crippen molar-refractivity contribution >= 4 is 16.9 Å². The van der Waals surface area contributed by atoms with Crippen molar-refractivity contribution in [2.24, 2.45) is 7.05 Å². The number of aryl methyl sites for hydroxylation is 3. The molecule has 4 heterocycles. The van der Waals surface area contributed by atoms with E-state index in [0.717, 1.165) is 54.4 Å². The van der Waals surface area contributed by atoms with Crippen LogP contribution in [0.25, 0.3) is 22.5 Å². The second-order valence-corrected chi connectivity index (χ2v) is 7.73. The molecule has 0 saturated carbocycles. The Morgan fingerprint density at radius 2 is 1.73 bits per heavy atom. The minimum Gasteiger partial charge on any atom is -0.419 e.